The van der Waals surface area contributed by atoms with E-state index in [4.69, 9.17) is 22.1 Å². The maximum atomic E-state index is 12.1. The van der Waals surface area contributed by atoms with Gasteiger partial charge in [-0.2, -0.15) is 0 Å². The zero-order valence-corrected chi connectivity index (χ0v) is 13.5. The van der Waals surface area contributed by atoms with Gasteiger partial charge in [0, 0.05) is 5.69 Å². The molecule has 3 N–H and O–H groups in total. The van der Waals surface area contributed by atoms with Gasteiger partial charge in [0.15, 0.2) is 0 Å². The predicted octanol–water partition coefficient (Wildman–Crippen LogP) is 2.03. The maximum absolute atomic E-state index is 12.1. The van der Waals surface area contributed by atoms with Gasteiger partial charge in [0.1, 0.15) is 17.5 Å². The lowest BCUT2D eigenvalue weighted by atomic mass is 10.1. The molecule has 1 unspecified atom stereocenters. The summed E-state index contributed by atoms with van der Waals surface area (Å²) in [5.74, 6) is -0.356. The number of nitrogens with zero attached hydrogens (tertiary/aromatic N) is 3. The van der Waals surface area contributed by atoms with E-state index < -0.39 is 0 Å². The van der Waals surface area contributed by atoms with E-state index in [1.807, 2.05) is 24.3 Å². The number of nitrogens with two attached hydrogens (primary N) is 1. The highest BCUT2D eigenvalue weighted by Crippen LogP contribution is 2.15. The first-order valence-electron chi connectivity index (χ1n) is 7.44. The van der Waals surface area contributed by atoms with Crippen LogP contribution in [-0.4, -0.2) is 34.5 Å². The molecule has 2 heterocycles. The molecular weight excluding hydrogens is 330 g/mol. The highest BCUT2D eigenvalue weighted by molar-refractivity contribution is 6.29. The highest BCUT2D eigenvalue weighted by atomic mass is 35.5. The lowest BCUT2D eigenvalue weighted by Crippen LogP contribution is -2.14. The van der Waals surface area contributed by atoms with Crippen molar-refractivity contribution in [2.45, 2.75) is 18.9 Å². The van der Waals surface area contributed by atoms with Crippen LogP contribution >= 0.6 is 11.6 Å². The van der Waals surface area contributed by atoms with E-state index in [0.717, 1.165) is 18.4 Å². The largest absolute Gasteiger partial charge is 0.463 e. The van der Waals surface area contributed by atoms with Gasteiger partial charge >= 0.3 is 0 Å². The SMILES string of the molecule is NC1=NC(CCc2ccc(NC(=O)c3cncc(Cl)n3)cc2)CO1. The minimum absolute atomic E-state index is 0.116. The van der Waals surface area contributed by atoms with Crippen molar-refractivity contribution in [2.24, 2.45) is 10.7 Å². The number of benzene rings is 1. The number of carbonyl (C=O) groups is 1. The summed E-state index contributed by atoms with van der Waals surface area (Å²) < 4.78 is 5.13. The second kappa shape index (κ2) is 7.27. The molecule has 0 saturated carbocycles. The number of aryl methyl sites for hydroxylation is 1. The monoisotopic (exact) mass is 345 g/mol. The smallest absolute Gasteiger partial charge is 0.282 e. The Kier molecular flexibility index (Phi) is 4.90. The zero-order chi connectivity index (χ0) is 16.9. The van der Waals surface area contributed by atoms with Crippen LogP contribution in [0, 0.1) is 0 Å². The molecule has 0 radical (unpaired) electrons. The summed E-state index contributed by atoms with van der Waals surface area (Å²) >= 11 is 5.73. The molecule has 8 heteroatoms. The molecule has 0 aliphatic carbocycles. The van der Waals surface area contributed by atoms with E-state index in [1.54, 1.807) is 0 Å². The van der Waals surface area contributed by atoms with Gasteiger partial charge in [0.05, 0.1) is 18.4 Å². The van der Waals surface area contributed by atoms with Crippen LogP contribution in [0.5, 0.6) is 0 Å². The molecule has 1 atom stereocenters. The Morgan fingerprint density at radius 1 is 1.33 bits per heavy atom. The normalized spacial score (nSPS) is 16.4. The van der Waals surface area contributed by atoms with E-state index in [0.29, 0.717) is 12.3 Å². The number of hydrogen-bond acceptors (Lipinski definition) is 6. The first-order valence-corrected chi connectivity index (χ1v) is 7.82. The van der Waals surface area contributed by atoms with Crippen LogP contribution in [0.15, 0.2) is 41.7 Å². The average Bonchev–Trinajstić information content (AvgIpc) is 3.00. The Balaban J connectivity index is 1.55. The fourth-order valence-electron chi connectivity index (χ4n) is 2.32. The summed E-state index contributed by atoms with van der Waals surface area (Å²) in [6.45, 7) is 0.542. The number of amidine groups is 1. The summed E-state index contributed by atoms with van der Waals surface area (Å²) in [6.07, 6.45) is 4.47. The van der Waals surface area contributed by atoms with Crippen LogP contribution in [0.3, 0.4) is 0 Å². The van der Waals surface area contributed by atoms with Crippen LogP contribution in [0.1, 0.15) is 22.5 Å². The van der Waals surface area contributed by atoms with E-state index in [-0.39, 0.29) is 28.8 Å². The molecule has 7 nitrogen and oxygen atoms in total. The quantitative estimate of drug-likeness (QED) is 0.863. The first kappa shape index (κ1) is 16.2. The molecule has 1 amide bonds. The predicted molar refractivity (Wildman–Crippen MR) is 91.1 cm³/mol. The summed E-state index contributed by atoms with van der Waals surface area (Å²) in [6, 6.07) is 7.99. The van der Waals surface area contributed by atoms with Crippen molar-refractivity contribution in [3.63, 3.8) is 0 Å². The summed E-state index contributed by atoms with van der Waals surface area (Å²) in [4.78, 5) is 24.0. The first-order chi connectivity index (χ1) is 11.6. The van der Waals surface area contributed by atoms with Crippen molar-refractivity contribution < 1.29 is 9.53 Å². The van der Waals surface area contributed by atoms with Gasteiger partial charge < -0.3 is 15.8 Å². The Morgan fingerprint density at radius 2 is 2.12 bits per heavy atom. The summed E-state index contributed by atoms with van der Waals surface area (Å²) in [5, 5.41) is 2.94. The van der Waals surface area contributed by atoms with Gasteiger partial charge in [0.2, 0.25) is 0 Å². The number of ether oxygens (including phenoxy) is 1. The third-order valence-corrected chi connectivity index (χ3v) is 3.73. The van der Waals surface area contributed by atoms with Crippen molar-refractivity contribution in [3.05, 3.63) is 53.1 Å². The second-order valence-corrected chi connectivity index (χ2v) is 5.74. The van der Waals surface area contributed by atoms with E-state index in [9.17, 15) is 4.79 Å². The third-order valence-electron chi connectivity index (χ3n) is 3.55. The van der Waals surface area contributed by atoms with Crippen LogP contribution in [-0.2, 0) is 11.2 Å². The molecular formula is C16H16ClN5O2. The standard InChI is InChI=1S/C16H16ClN5O2/c17-14-8-19-7-13(22-14)15(23)20-11-4-1-10(2-5-11)3-6-12-9-24-16(18)21-12/h1-2,4-5,7-8,12H,3,6,9H2,(H2,18,21)(H,20,23). The Hall–Kier alpha value is -2.67. The molecule has 24 heavy (non-hydrogen) atoms. The third kappa shape index (κ3) is 4.20. The number of anilines is 1. The molecule has 0 bridgehead atoms. The average molecular weight is 346 g/mol. The van der Waals surface area contributed by atoms with E-state index in [1.165, 1.54) is 12.4 Å². The molecule has 1 aromatic heterocycles. The Labute approximate surface area is 143 Å². The molecule has 1 aliphatic rings. The van der Waals surface area contributed by atoms with Gasteiger partial charge in [-0.1, -0.05) is 23.7 Å². The van der Waals surface area contributed by atoms with Crippen molar-refractivity contribution >= 4 is 29.2 Å². The molecule has 124 valence electrons. The number of rotatable bonds is 5. The van der Waals surface area contributed by atoms with Crippen LogP contribution in [0.25, 0.3) is 0 Å². The number of aromatic nitrogens is 2. The van der Waals surface area contributed by atoms with Gasteiger partial charge in [-0.05, 0) is 30.5 Å². The molecule has 1 aromatic carbocycles. The molecule has 2 aromatic rings. The zero-order valence-electron chi connectivity index (χ0n) is 12.8. The van der Waals surface area contributed by atoms with Crippen molar-refractivity contribution in [3.8, 4) is 0 Å². The topological polar surface area (TPSA) is 102 Å². The molecule has 3 rings (SSSR count). The van der Waals surface area contributed by atoms with Crippen molar-refractivity contribution in [1.82, 2.24) is 9.97 Å². The van der Waals surface area contributed by atoms with E-state index >= 15 is 0 Å². The van der Waals surface area contributed by atoms with Crippen molar-refractivity contribution in [1.29, 1.82) is 0 Å². The van der Waals surface area contributed by atoms with Gasteiger partial charge in [-0.15, -0.1) is 0 Å². The van der Waals surface area contributed by atoms with Crippen LogP contribution < -0.4 is 11.1 Å². The number of hydrogen-bond donors (Lipinski definition) is 2. The fourth-order valence-corrected chi connectivity index (χ4v) is 2.47. The molecule has 0 fully saturated rings. The second-order valence-electron chi connectivity index (χ2n) is 5.35. The van der Waals surface area contributed by atoms with Crippen LogP contribution in [0.2, 0.25) is 5.15 Å². The lowest BCUT2D eigenvalue weighted by molar-refractivity contribution is 0.102. The van der Waals surface area contributed by atoms with E-state index in [2.05, 4.69) is 20.3 Å². The molecule has 0 spiro atoms. The number of carbonyl (C=O) groups excluding carboxylic acids is 1. The van der Waals surface area contributed by atoms with Gasteiger partial charge in [-0.3, -0.25) is 9.78 Å². The molecule has 0 saturated heterocycles. The maximum Gasteiger partial charge on any atom is 0.282 e. The minimum atomic E-state index is -0.356. The van der Waals surface area contributed by atoms with Crippen LogP contribution in [0.4, 0.5) is 5.69 Å². The Bertz CT molecular complexity index is 763. The van der Waals surface area contributed by atoms with Gasteiger partial charge in [0.25, 0.3) is 11.9 Å². The lowest BCUT2D eigenvalue weighted by Gasteiger charge is -2.07. The number of aliphatic imine (C=N–C) groups is 1. The summed E-state index contributed by atoms with van der Waals surface area (Å²) in [5.41, 5.74) is 7.48. The molecule has 1 aliphatic heterocycles. The Morgan fingerprint density at radius 3 is 2.79 bits per heavy atom. The number of nitrogens with one attached hydrogen (secondary N) is 1. The minimum Gasteiger partial charge on any atom is -0.463 e. The highest BCUT2D eigenvalue weighted by Gasteiger charge is 2.16. The van der Waals surface area contributed by atoms with Gasteiger partial charge in [-0.25, -0.2) is 9.98 Å². The van der Waals surface area contributed by atoms with Crippen molar-refractivity contribution in [2.75, 3.05) is 11.9 Å². The number of amides is 1. The fraction of sp³-hybridized carbons (Fsp3) is 0.250. The summed E-state index contributed by atoms with van der Waals surface area (Å²) in [7, 11) is 0. The number of halogens is 1.